The van der Waals surface area contributed by atoms with Crippen LogP contribution in [0, 0.1) is 12.8 Å². The third kappa shape index (κ3) is 2.62. The SMILES string of the molecule is Cc1cc2ccccc2nc1NC(CN)C(C)C. The predicted octanol–water partition coefficient (Wildman–Crippen LogP) is 2.94. The molecule has 0 fully saturated rings. The molecule has 1 heterocycles. The van der Waals surface area contributed by atoms with E-state index >= 15 is 0 Å². The lowest BCUT2D eigenvalue weighted by Gasteiger charge is -2.22. The molecule has 0 bridgehead atoms. The molecule has 3 heteroatoms. The summed E-state index contributed by atoms with van der Waals surface area (Å²) in [7, 11) is 0. The summed E-state index contributed by atoms with van der Waals surface area (Å²) in [5.41, 5.74) is 7.97. The summed E-state index contributed by atoms with van der Waals surface area (Å²) in [6.07, 6.45) is 0. The molecule has 3 nitrogen and oxygen atoms in total. The minimum atomic E-state index is 0.261. The topological polar surface area (TPSA) is 50.9 Å². The Morgan fingerprint density at radius 2 is 2.00 bits per heavy atom. The van der Waals surface area contributed by atoms with E-state index in [0.29, 0.717) is 12.5 Å². The molecule has 0 aliphatic heterocycles. The first-order valence-corrected chi connectivity index (χ1v) is 6.45. The van der Waals surface area contributed by atoms with Crippen molar-refractivity contribution in [3.63, 3.8) is 0 Å². The Balaban J connectivity index is 2.35. The van der Waals surface area contributed by atoms with Crippen molar-refractivity contribution in [2.75, 3.05) is 11.9 Å². The van der Waals surface area contributed by atoms with E-state index in [1.165, 1.54) is 5.39 Å². The molecule has 1 aromatic heterocycles. The minimum Gasteiger partial charge on any atom is -0.366 e. The fourth-order valence-electron chi connectivity index (χ4n) is 2.04. The van der Waals surface area contributed by atoms with E-state index in [0.717, 1.165) is 16.9 Å². The lowest BCUT2D eigenvalue weighted by molar-refractivity contribution is 0.530. The average molecular weight is 243 g/mol. The zero-order valence-corrected chi connectivity index (χ0v) is 11.3. The van der Waals surface area contributed by atoms with Gasteiger partial charge in [0.05, 0.1) is 5.52 Å². The Bertz CT molecular complexity index is 534. The van der Waals surface area contributed by atoms with Crippen LogP contribution in [0.3, 0.4) is 0 Å². The number of aryl methyl sites for hydroxylation is 1. The number of pyridine rings is 1. The summed E-state index contributed by atoms with van der Waals surface area (Å²) < 4.78 is 0. The molecule has 18 heavy (non-hydrogen) atoms. The number of para-hydroxylation sites is 1. The highest BCUT2D eigenvalue weighted by molar-refractivity contribution is 5.81. The number of benzene rings is 1. The van der Waals surface area contributed by atoms with Gasteiger partial charge in [-0.25, -0.2) is 4.98 Å². The van der Waals surface area contributed by atoms with Crippen molar-refractivity contribution in [1.29, 1.82) is 0 Å². The van der Waals surface area contributed by atoms with Crippen LogP contribution in [0.15, 0.2) is 30.3 Å². The quantitative estimate of drug-likeness (QED) is 0.868. The van der Waals surface area contributed by atoms with E-state index in [1.807, 2.05) is 18.2 Å². The lowest BCUT2D eigenvalue weighted by Crippen LogP contribution is -2.34. The monoisotopic (exact) mass is 243 g/mol. The maximum absolute atomic E-state index is 5.79. The first-order chi connectivity index (χ1) is 8.61. The molecule has 0 aliphatic carbocycles. The summed E-state index contributed by atoms with van der Waals surface area (Å²) >= 11 is 0. The Morgan fingerprint density at radius 1 is 1.28 bits per heavy atom. The zero-order valence-electron chi connectivity index (χ0n) is 11.3. The van der Waals surface area contributed by atoms with Crippen molar-refractivity contribution in [2.45, 2.75) is 26.8 Å². The zero-order chi connectivity index (χ0) is 13.1. The molecule has 0 aliphatic rings. The highest BCUT2D eigenvalue weighted by Crippen LogP contribution is 2.21. The molecule has 0 saturated carbocycles. The number of anilines is 1. The Labute approximate surface area is 108 Å². The summed E-state index contributed by atoms with van der Waals surface area (Å²) in [4.78, 5) is 4.68. The number of nitrogens with zero attached hydrogens (tertiary/aromatic N) is 1. The van der Waals surface area contributed by atoms with Crippen LogP contribution in [0.2, 0.25) is 0 Å². The summed E-state index contributed by atoms with van der Waals surface area (Å²) in [6, 6.07) is 10.6. The number of aromatic nitrogens is 1. The van der Waals surface area contributed by atoms with Gasteiger partial charge in [0.25, 0.3) is 0 Å². The molecular weight excluding hydrogens is 222 g/mol. The van der Waals surface area contributed by atoms with E-state index in [1.54, 1.807) is 0 Å². The average Bonchev–Trinajstić information content (AvgIpc) is 2.35. The van der Waals surface area contributed by atoms with Crippen LogP contribution in [-0.2, 0) is 0 Å². The fraction of sp³-hybridized carbons (Fsp3) is 0.400. The number of nitrogens with one attached hydrogen (secondary N) is 1. The lowest BCUT2D eigenvalue weighted by atomic mass is 10.0. The van der Waals surface area contributed by atoms with E-state index in [2.05, 4.69) is 43.2 Å². The molecule has 2 aromatic rings. The molecule has 0 radical (unpaired) electrons. The third-order valence-corrected chi connectivity index (χ3v) is 3.30. The van der Waals surface area contributed by atoms with Crippen molar-refractivity contribution < 1.29 is 0 Å². The molecule has 1 atom stereocenters. The van der Waals surface area contributed by atoms with Gasteiger partial charge in [0.1, 0.15) is 5.82 Å². The molecule has 3 N–H and O–H groups in total. The van der Waals surface area contributed by atoms with Crippen molar-refractivity contribution in [3.05, 3.63) is 35.9 Å². The molecule has 2 rings (SSSR count). The number of hydrogen-bond acceptors (Lipinski definition) is 3. The van der Waals surface area contributed by atoms with Crippen LogP contribution < -0.4 is 11.1 Å². The van der Waals surface area contributed by atoms with Crippen LogP contribution in [0.4, 0.5) is 5.82 Å². The third-order valence-electron chi connectivity index (χ3n) is 3.30. The Hall–Kier alpha value is -1.61. The first kappa shape index (κ1) is 12.8. The van der Waals surface area contributed by atoms with Crippen LogP contribution in [0.25, 0.3) is 10.9 Å². The Kier molecular flexibility index (Phi) is 3.82. The van der Waals surface area contributed by atoms with Gasteiger partial charge in [-0.05, 0) is 30.5 Å². The van der Waals surface area contributed by atoms with Gasteiger partial charge in [0, 0.05) is 18.0 Å². The second-order valence-corrected chi connectivity index (χ2v) is 5.08. The van der Waals surface area contributed by atoms with Gasteiger partial charge in [0.15, 0.2) is 0 Å². The van der Waals surface area contributed by atoms with Crippen molar-refractivity contribution in [3.8, 4) is 0 Å². The van der Waals surface area contributed by atoms with Gasteiger partial charge in [-0.2, -0.15) is 0 Å². The Morgan fingerprint density at radius 3 is 2.67 bits per heavy atom. The molecule has 1 unspecified atom stereocenters. The summed E-state index contributed by atoms with van der Waals surface area (Å²) in [5.74, 6) is 1.43. The number of nitrogens with two attached hydrogens (primary N) is 1. The number of hydrogen-bond donors (Lipinski definition) is 2. The molecule has 0 amide bonds. The van der Waals surface area contributed by atoms with Crippen molar-refractivity contribution in [2.24, 2.45) is 11.7 Å². The second-order valence-electron chi connectivity index (χ2n) is 5.08. The summed E-state index contributed by atoms with van der Waals surface area (Å²) in [6.45, 7) is 7.03. The van der Waals surface area contributed by atoms with E-state index in [9.17, 15) is 0 Å². The molecule has 0 saturated heterocycles. The van der Waals surface area contributed by atoms with E-state index in [-0.39, 0.29) is 6.04 Å². The second kappa shape index (κ2) is 5.36. The molecule has 0 spiro atoms. The standard InChI is InChI=1S/C15H21N3/c1-10(2)14(9-16)18-15-11(3)8-12-6-4-5-7-13(12)17-15/h4-8,10,14H,9,16H2,1-3H3,(H,17,18). The first-order valence-electron chi connectivity index (χ1n) is 6.45. The molecule has 1 aromatic carbocycles. The van der Waals surface area contributed by atoms with Crippen molar-refractivity contribution in [1.82, 2.24) is 4.98 Å². The highest BCUT2D eigenvalue weighted by Gasteiger charge is 2.13. The maximum Gasteiger partial charge on any atom is 0.129 e. The van der Waals surface area contributed by atoms with Crippen LogP contribution >= 0.6 is 0 Å². The van der Waals surface area contributed by atoms with Gasteiger partial charge in [-0.15, -0.1) is 0 Å². The van der Waals surface area contributed by atoms with E-state index in [4.69, 9.17) is 5.73 Å². The van der Waals surface area contributed by atoms with E-state index < -0.39 is 0 Å². The van der Waals surface area contributed by atoms with Crippen LogP contribution in [-0.4, -0.2) is 17.6 Å². The molecular formula is C15H21N3. The van der Waals surface area contributed by atoms with Crippen LogP contribution in [0.1, 0.15) is 19.4 Å². The molecule has 96 valence electrons. The van der Waals surface area contributed by atoms with Gasteiger partial charge in [0.2, 0.25) is 0 Å². The van der Waals surface area contributed by atoms with Gasteiger partial charge >= 0.3 is 0 Å². The maximum atomic E-state index is 5.79. The number of fused-ring (bicyclic) bond motifs is 1. The van der Waals surface area contributed by atoms with Gasteiger partial charge in [-0.3, -0.25) is 0 Å². The smallest absolute Gasteiger partial charge is 0.129 e. The normalized spacial score (nSPS) is 12.9. The predicted molar refractivity (Wildman–Crippen MR) is 77.8 cm³/mol. The highest BCUT2D eigenvalue weighted by atomic mass is 15.0. The summed E-state index contributed by atoms with van der Waals surface area (Å²) in [5, 5.41) is 4.63. The number of rotatable bonds is 4. The van der Waals surface area contributed by atoms with Crippen LogP contribution in [0.5, 0.6) is 0 Å². The largest absolute Gasteiger partial charge is 0.366 e. The fourth-order valence-corrected chi connectivity index (χ4v) is 2.04. The van der Waals surface area contributed by atoms with Crippen molar-refractivity contribution >= 4 is 16.7 Å². The van der Waals surface area contributed by atoms with Gasteiger partial charge < -0.3 is 11.1 Å². The minimum absolute atomic E-state index is 0.261. The van der Waals surface area contributed by atoms with Gasteiger partial charge in [-0.1, -0.05) is 32.0 Å².